The molecule has 2 heterocycles. The van der Waals surface area contributed by atoms with Crippen molar-refractivity contribution in [3.8, 4) is 0 Å². The fourth-order valence-electron chi connectivity index (χ4n) is 1.88. The average molecular weight is 379 g/mol. The molecule has 9 heteroatoms. The molecule has 0 saturated carbocycles. The van der Waals surface area contributed by atoms with E-state index < -0.39 is 10.0 Å². The number of aromatic nitrogens is 1. The summed E-state index contributed by atoms with van der Waals surface area (Å²) < 4.78 is 30.9. The molecule has 1 aromatic rings. The molecule has 0 aromatic carbocycles. The van der Waals surface area contributed by atoms with E-state index >= 15 is 0 Å². The van der Waals surface area contributed by atoms with Crippen LogP contribution in [0.15, 0.2) is 21.6 Å². The van der Waals surface area contributed by atoms with Gasteiger partial charge in [0.15, 0.2) is 0 Å². The highest BCUT2D eigenvalue weighted by Gasteiger charge is 2.24. The predicted octanol–water partition coefficient (Wildman–Crippen LogP) is 1.19. The number of hydrogen-bond acceptors (Lipinski definition) is 6. The molecule has 7 nitrogen and oxygen atoms in total. The molecule has 0 amide bonds. The minimum atomic E-state index is -3.68. The van der Waals surface area contributed by atoms with Crippen LogP contribution < -0.4 is 10.1 Å². The zero-order valence-corrected chi connectivity index (χ0v) is 14.2. The molecular weight excluding hydrogens is 360 g/mol. The lowest BCUT2D eigenvalue weighted by Crippen LogP contribution is -2.48. The first-order valence-electron chi connectivity index (χ1n) is 6.77. The second-order valence-corrected chi connectivity index (χ2v) is 7.17. The van der Waals surface area contributed by atoms with Gasteiger partial charge in [-0.25, -0.2) is 18.4 Å². The molecule has 118 valence electrons. The van der Waals surface area contributed by atoms with Crippen LogP contribution in [0.5, 0.6) is 0 Å². The zero-order chi connectivity index (χ0) is 15.3. The van der Waals surface area contributed by atoms with Gasteiger partial charge >= 0.3 is 0 Å². The largest absolute Gasteiger partial charge is 0.379 e. The average Bonchev–Trinajstić information content (AvgIpc) is 2.46. The van der Waals surface area contributed by atoms with Gasteiger partial charge in [0.1, 0.15) is 10.7 Å². The molecular formula is C12H19BrN4O3S. The summed E-state index contributed by atoms with van der Waals surface area (Å²) in [5.74, 6) is 0.362. The van der Waals surface area contributed by atoms with E-state index in [1.54, 1.807) is 17.3 Å². The summed E-state index contributed by atoms with van der Waals surface area (Å²) >= 11 is 3.27. The quantitative estimate of drug-likeness (QED) is 0.773. The van der Waals surface area contributed by atoms with Gasteiger partial charge in [-0.3, -0.25) is 0 Å². The van der Waals surface area contributed by atoms with Gasteiger partial charge in [-0.2, -0.15) is 0 Å². The molecule has 0 atom stereocenters. The predicted molar refractivity (Wildman–Crippen MR) is 83.4 cm³/mol. The maximum Gasteiger partial charge on any atom is 0.257 e. The molecule has 0 aliphatic carbocycles. The molecule has 0 spiro atoms. The van der Waals surface area contributed by atoms with Crippen molar-refractivity contribution in [2.75, 3.05) is 38.2 Å². The van der Waals surface area contributed by atoms with Gasteiger partial charge in [0, 0.05) is 30.3 Å². The number of morpholine rings is 1. The van der Waals surface area contributed by atoms with Crippen LogP contribution in [0, 0.1) is 0 Å². The molecule has 0 bridgehead atoms. The Bertz CT molecular complexity index is 576. The van der Waals surface area contributed by atoms with Gasteiger partial charge in [-0.05, 0) is 28.4 Å². The minimum absolute atomic E-state index is 0.136. The van der Waals surface area contributed by atoms with Crippen molar-refractivity contribution in [1.29, 1.82) is 0 Å². The lowest BCUT2D eigenvalue weighted by Gasteiger charge is -2.27. The van der Waals surface area contributed by atoms with Crippen molar-refractivity contribution in [1.82, 2.24) is 14.8 Å². The summed E-state index contributed by atoms with van der Waals surface area (Å²) in [6, 6.07) is 1.55. The van der Waals surface area contributed by atoms with Crippen LogP contribution in [-0.4, -0.2) is 51.3 Å². The number of nitrogens with one attached hydrogen (secondary N) is 2. The molecule has 1 aliphatic heterocycles. The van der Waals surface area contributed by atoms with Gasteiger partial charge in [-0.1, -0.05) is 6.92 Å². The SMILES string of the molecule is CCCNc1ncc(Br)cc1S(=O)(=O)NN1CCOCC1. The van der Waals surface area contributed by atoms with Gasteiger partial charge in [0.25, 0.3) is 10.0 Å². The Kier molecular flexibility index (Phi) is 5.94. The van der Waals surface area contributed by atoms with E-state index in [-0.39, 0.29) is 4.90 Å². The lowest BCUT2D eigenvalue weighted by atomic mass is 10.4. The zero-order valence-electron chi connectivity index (χ0n) is 11.8. The smallest absolute Gasteiger partial charge is 0.257 e. The Morgan fingerprint density at radius 2 is 2.14 bits per heavy atom. The summed E-state index contributed by atoms with van der Waals surface area (Å²) in [6.45, 7) is 4.75. The Labute approximate surface area is 133 Å². The first kappa shape index (κ1) is 16.6. The first-order chi connectivity index (χ1) is 10.0. The molecule has 1 aromatic heterocycles. The van der Waals surface area contributed by atoms with Gasteiger partial charge in [-0.15, -0.1) is 4.83 Å². The third kappa shape index (κ3) is 4.62. The van der Waals surface area contributed by atoms with E-state index in [4.69, 9.17) is 4.74 Å². The van der Waals surface area contributed by atoms with Crippen LogP contribution in [0.1, 0.15) is 13.3 Å². The Morgan fingerprint density at radius 1 is 1.43 bits per heavy atom. The van der Waals surface area contributed by atoms with Gasteiger partial charge in [0.05, 0.1) is 13.2 Å². The summed E-state index contributed by atoms with van der Waals surface area (Å²) in [5, 5.41) is 4.68. The number of halogens is 1. The van der Waals surface area contributed by atoms with Crippen molar-refractivity contribution in [3.05, 3.63) is 16.7 Å². The van der Waals surface area contributed by atoms with Crippen molar-refractivity contribution in [2.45, 2.75) is 18.2 Å². The van der Waals surface area contributed by atoms with Crippen LogP contribution in [0.3, 0.4) is 0 Å². The number of hydrogen-bond donors (Lipinski definition) is 2. The number of sulfonamides is 1. The second kappa shape index (κ2) is 7.50. The van der Waals surface area contributed by atoms with Crippen LogP contribution in [-0.2, 0) is 14.8 Å². The number of hydrazine groups is 1. The number of rotatable bonds is 6. The molecule has 2 rings (SSSR count). The second-order valence-electron chi connectivity index (χ2n) is 4.62. The van der Waals surface area contributed by atoms with Crippen molar-refractivity contribution in [2.24, 2.45) is 0 Å². The third-order valence-corrected chi connectivity index (χ3v) is 4.73. The van der Waals surface area contributed by atoms with E-state index in [9.17, 15) is 8.42 Å². The Balaban J connectivity index is 2.22. The van der Waals surface area contributed by atoms with E-state index in [1.165, 1.54) is 0 Å². The van der Waals surface area contributed by atoms with E-state index in [2.05, 4.69) is 31.1 Å². The number of ether oxygens (including phenoxy) is 1. The molecule has 21 heavy (non-hydrogen) atoms. The minimum Gasteiger partial charge on any atom is -0.379 e. The molecule has 0 unspecified atom stereocenters. The van der Waals surface area contributed by atoms with Crippen molar-refractivity contribution in [3.63, 3.8) is 0 Å². The third-order valence-electron chi connectivity index (χ3n) is 2.91. The number of anilines is 1. The number of pyridine rings is 1. The highest BCUT2D eigenvalue weighted by molar-refractivity contribution is 9.10. The van der Waals surface area contributed by atoms with E-state index in [1.807, 2.05) is 6.92 Å². The summed E-state index contributed by atoms with van der Waals surface area (Å²) in [5.41, 5.74) is 0. The fraction of sp³-hybridized carbons (Fsp3) is 0.583. The lowest BCUT2D eigenvalue weighted by molar-refractivity contribution is 0.0272. The Hall–Kier alpha value is -0.740. The topological polar surface area (TPSA) is 83.6 Å². The van der Waals surface area contributed by atoms with Crippen LogP contribution in [0.25, 0.3) is 0 Å². The molecule has 1 saturated heterocycles. The number of nitrogens with zero attached hydrogens (tertiary/aromatic N) is 2. The van der Waals surface area contributed by atoms with Crippen LogP contribution >= 0.6 is 15.9 Å². The monoisotopic (exact) mass is 378 g/mol. The molecule has 0 radical (unpaired) electrons. The van der Waals surface area contributed by atoms with E-state index in [0.717, 1.165) is 6.42 Å². The maximum absolute atomic E-state index is 12.5. The highest BCUT2D eigenvalue weighted by atomic mass is 79.9. The van der Waals surface area contributed by atoms with Gasteiger partial charge < -0.3 is 10.1 Å². The molecule has 1 aliphatic rings. The first-order valence-corrected chi connectivity index (χ1v) is 9.05. The standard InChI is InChI=1S/C12H19BrN4O3S/c1-2-3-14-12-11(8-10(13)9-15-12)21(18,19)16-17-4-6-20-7-5-17/h8-9,16H,2-7H2,1H3,(H,14,15). The summed E-state index contributed by atoms with van der Waals surface area (Å²) in [6.07, 6.45) is 2.46. The Morgan fingerprint density at radius 3 is 2.81 bits per heavy atom. The summed E-state index contributed by atoms with van der Waals surface area (Å²) in [4.78, 5) is 6.87. The van der Waals surface area contributed by atoms with Crippen LogP contribution in [0.4, 0.5) is 5.82 Å². The summed E-state index contributed by atoms with van der Waals surface area (Å²) in [7, 11) is -3.68. The highest BCUT2D eigenvalue weighted by Crippen LogP contribution is 2.23. The fourth-order valence-corrected chi connectivity index (χ4v) is 3.64. The normalized spacial score (nSPS) is 16.9. The van der Waals surface area contributed by atoms with Crippen molar-refractivity contribution < 1.29 is 13.2 Å². The molecule has 2 N–H and O–H groups in total. The van der Waals surface area contributed by atoms with E-state index in [0.29, 0.717) is 43.1 Å². The van der Waals surface area contributed by atoms with Crippen LogP contribution in [0.2, 0.25) is 0 Å². The maximum atomic E-state index is 12.5. The molecule has 1 fully saturated rings. The van der Waals surface area contributed by atoms with Crippen molar-refractivity contribution >= 4 is 31.8 Å². The van der Waals surface area contributed by atoms with Gasteiger partial charge in [0.2, 0.25) is 0 Å².